The molecule has 0 aliphatic carbocycles. The van der Waals surface area contributed by atoms with Crippen LogP contribution in [0.25, 0.3) is 0 Å². The quantitative estimate of drug-likeness (QED) is 0.831. The second-order valence-electron chi connectivity index (χ2n) is 4.01. The molecule has 5 heteroatoms. The molecular weight excluding hydrogens is 204 g/mol. The molecule has 0 amide bonds. The number of nitrogens with zero attached hydrogens (tertiary/aromatic N) is 3. The molecule has 90 valence electrons. The summed E-state index contributed by atoms with van der Waals surface area (Å²) >= 11 is 0. The fourth-order valence-electron chi connectivity index (χ4n) is 2.16. The first-order valence-electron chi connectivity index (χ1n) is 5.83. The molecule has 0 aromatic carbocycles. The zero-order chi connectivity index (χ0) is 11.5. The number of aryl methyl sites for hydroxylation is 2. The van der Waals surface area contributed by atoms with E-state index >= 15 is 0 Å². The number of fused-ring (bicyclic) bond motifs is 1. The summed E-state index contributed by atoms with van der Waals surface area (Å²) in [5.74, 6) is 1.21. The first kappa shape index (κ1) is 11.3. The summed E-state index contributed by atoms with van der Waals surface area (Å²) < 4.78 is 7.21. The van der Waals surface area contributed by atoms with Crippen LogP contribution in [0.1, 0.15) is 12.6 Å². The maximum absolute atomic E-state index is 5.15. The van der Waals surface area contributed by atoms with E-state index in [9.17, 15) is 0 Å². The lowest BCUT2D eigenvalue weighted by Crippen LogP contribution is -2.37. The van der Waals surface area contributed by atoms with Crippen molar-refractivity contribution in [2.75, 3.05) is 43.6 Å². The molecular formula is C11H20N4O. The molecule has 0 saturated heterocycles. The van der Waals surface area contributed by atoms with Gasteiger partial charge in [-0.1, -0.05) is 0 Å². The number of hydrogen-bond donors (Lipinski definition) is 1. The first-order valence-corrected chi connectivity index (χ1v) is 5.83. The van der Waals surface area contributed by atoms with E-state index in [0.29, 0.717) is 0 Å². The predicted octanol–water partition coefficient (Wildman–Crippen LogP) is 1.09. The third-order valence-corrected chi connectivity index (χ3v) is 2.95. The molecule has 1 aromatic rings. The highest BCUT2D eigenvalue weighted by atomic mass is 16.5. The highest BCUT2D eigenvalue weighted by Crippen LogP contribution is 2.31. The van der Waals surface area contributed by atoms with Crippen LogP contribution in [0.3, 0.4) is 0 Å². The standard InChI is InChI=1S/C11H20N4O/c1-4-15-11-10(9(2)13-15)12-5-6-14(11)7-8-16-3/h12H,4-8H2,1-3H3. The summed E-state index contributed by atoms with van der Waals surface area (Å²) in [6, 6.07) is 0. The van der Waals surface area contributed by atoms with Crippen molar-refractivity contribution in [3.63, 3.8) is 0 Å². The predicted molar refractivity (Wildman–Crippen MR) is 65.2 cm³/mol. The fourth-order valence-corrected chi connectivity index (χ4v) is 2.16. The SMILES string of the molecule is CCn1nc(C)c2c1N(CCOC)CCN2. The second-order valence-corrected chi connectivity index (χ2v) is 4.01. The molecule has 0 unspecified atom stereocenters. The van der Waals surface area contributed by atoms with E-state index < -0.39 is 0 Å². The lowest BCUT2D eigenvalue weighted by atomic mass is 10.3. The average molecular weight is 224 g/mol. The number of ether oxygens (including phenoxy) is 1. The van der Waals surface area contributed by atoms with E-state index in [1.807, 2.05) is 0 Å². The zero-order valence-electron chi connectivity index (χ0n) is 10.3. The molecule has 0 saturated carbocycles. The van der Waals surface area contributed by atoms with Crippen molar-refractivity contribution in [1.82, 2.24) is 9.78 Å². The van der Waals surface area contributed by atoms with E-state index in [1.165, 1.54) is 11.5 Å². The van der Waals surface area contributed by atoms with Crippen LogP contribution in [-0.2, 0) is 11.3 Å². The Labute approximate surface area is 96.4 Å². The number of rotatable bonds is 4. The van der Waals surface area contributed by atoms with Crippen LogP contribution in [0.15, 0.2) is 0 Å². The normalized spacial score (nSPS) is 14.8. The maximum atomic E-state index is 5.15. The van der Waals surface area contributed by atoms with Crippen molar-refractivity contribution in [1.29, 1.82) is 0 Å². The summed E-state index contributed by atoms with van der Waals surface area (Å²) in [4.78, 5) is 2.35. The molecule has 0 spiro atoms. The van der Waals surface area contributed by atoms with Crippen LogP contribution in [0, 0.1) is 6.92 Å². The van der Waals surface area contributed by atoms with Gasteiger partial charge in [-0.15, -0.1) is 0 Å². The van der Waals surface area contributed by atoms with Crippen LogP contribution < -0.4 is 10.2 Å². The Morgan fingerprint density at radius 3 is 3.00 bits per heavy atom. The third-order valence-electron chi connectivity index (χ3n) is 2.95. The van der Waals surface area contributed by atoms with Crippen molar-refractivity contribution in [3.05, 3.63) is 5.69 Å². The minimum absolute atomic E-state index is 0.757. The lowest BCUT2D eigenvalue weighted by Gasteiger charge is -2.30. The van der Waals surface area contributed by atoms with Crippen molar-refractivity contribution >= 4 is 11.5 Å². The number of anilines is 2. The molecule has 1 aromatic heterocycles. The van der Waals surface area contributed by atoms with Gasteiger partial charge in [0.1, 0.15) is 5.69 Å². The van der Waals surface area contributed by atoms with Gasteiger partial charge in [0.2, 0.25) is 0 Å². The van der Waals surface area contributed by atoms with E-state index in [2.05, 4.69) is 33.8 Å². The first-order chi connectivity index (χ1) is 7.77. The van der Waals surface area contributed by atoms with Gasteiger partial charge in [0.15, 0.2) is 5.82 Å². The van der Waals surface area contributed by atoms with Crippen molar-refractivity contribution < 1.29 is 4.74 Å². The number of nitrogens with one attached hydrogen (secondary N) is 1. The average Bonchev–Trinajstić information content (AvgIpc) is 2.64. The highest BCUT2D eigenvalue weighted by molar-refractivity contribution is 5.71. The minimum Gasteiger partial charge on any atom is -0.383 e. The van der Waals surface area contributed by atoms with Crippen LogP contribution in [0.2, 0.25) is 0 Å². The largest absolute Gasteiger partial charge is 0.383 e. The summed E-state index contributed by atoms with van der Waals surface area (Å²) in [6.07, 6.45) is 0. The Kier molecular flexibility index (Phi) is 3.33. The molecule has 1 N–H and O–H groups in total. The Balaban J connectivity index is 2.28. The zero-order valence-corrected chi connectivity index (χ0v) is 10.3. The molecule has 1 aliphatic heterocycles. The van der Waals surface area contributed by atoms with E-state index in [0.717, 1.165) is 38.5 Å². The van der Waals surface area contributed by atoms with Gasteiger partial charge in [0.05, 0.1) is 12.3 Å². The fraction of sp³-hybridized carbons (Fsp3) is 0.727. The van der Waals surface area contributed by atoms with E-state index in [-0.39, 0.29) is 0 Å². The Morgan fingerprint density at radius 2 is 2.31 bits per heavy atom. The van der Waals surface area contributed by atoms with Gasteiger partial charge in [-0.25, -0.2) is 4.68 Å². The highest BCUT2D eigenvalue weighted by Gasteiger charge is 2.23. The number of hydrogen-bond acceptors (Lipinski definition) is 4. The molecule has 16 heavy (non-hydrogen) atoms. The van der Waals surface area contributed by atoms with Crippen molar-refractivity contribution in [2.24, 2.45) is 0 Å². The molecule has 0 bridgehead atoms. The van der Waals surface area contributed by atoms with Gasteiger partial charge < -0.3 is 15.0 Å². The van der Waals surface area contributed by atoms with Crippen LogP contribution >= 0.6 is 0 Å². The Bertz CT molecular complexity index is 361. The number of methoxy groups -OCH3 is 1. The van der Waals surface area contributed by atoms with Gasteiger partial charge in [0.25, 0.3) is 0 Å². The topological polar surface area (TPSA) is 42.3 Å². The summed E-state index contributed by atoms with van der Waals surface area (Å²) in [7, 11) is 1.74. The van der Waals surface area contributed by atoms with E-state index in [4.69, 9.17) is 4.74 Å². The van der Waals surface area contributed by atoms with E-state index in [1.54, 1.807) is 7.11 Å². The smallest absolute Gasteiger partial charge is 0.151 e. The van der Waals surface area contributed by atoms with Gasteiger partial charge >= 0.3 is 0 Å². The molecule has 2 heterocycles. The number of aromatic nitrogens is 2. The molecule has 0 fully saturated rings. The monoisotopic (exact) mass is 224 g/mol. The van der Waals surface area contributed by atoms with Gasteiger partial charge in [-0.2, -0.15) is 5.10 Å². The summed E-state index contributed by atoms with van der Waals surface area (Å²) in [5.41, 5.74) is 2.27. The van der Waals surface area contributed by atoms with Crippen LogP contribution in [0.4, 0.5) is 11.5 Å². The maximum Gasteiger partial charge on any atom is 0.151 e. The van der Waals surface area contributed by atoms with Gasteiger partial charge in [-0.05, 0) is 13.8 Å². The summed E-state index contributed by atoms with van der Waals surface area (Å²) in [6.45, 7) is 8.76. The van der Waals surface area contributed by atoms with Crippen molar-refractivity contribution in [2.45, 2.75) is 20.4 Å². The second kappa shape index (κ2) is 4.74. The summed E-state index contributed by atoms with van der Waals surface area (Å²) in [5, 5.41) is 7.97. The molecule has 5 nitrogen and oxygen atoms in total. The van der Waals surface area contributed by atoms with Gasteiger partial charge in [0, 0.05) is 33.3 Å². The third kappa shape index (κ3) is 1.87. The van der Waals surface area contributed by atoms with Crippen molar-refractivity contribution in [3.8, 4) is 0 Å². The van der Waals surface area contributed by atoms with Crippen LogP contribution in [0.5, 0.6) is 0 Å². The minimum atomic E-state index is 0.757. The Hall–Kier alpha value is -1.23. The molecule has 1 aliphatic rings. The molecule has 0 radical (unpaired) electrons. The Morgan fingerprint density at radius 1 is 1.50 bits per heavy atom. The lowest BCUT2D eigenvalue weighted by molar-refractivity contribution is 0.205. The van der Waals surface area contributed by atoms with Crippen LogP contribution in [-0.4, -0.2) is 43.1 Å². The molecule has 0 atom stereocenters. The van der Waals surface area contributed by atoms with Gasteiger partial charge in [-0.3, -0.25) is 0 Å². The molecule has 2 rings (SSSR count).